The fraction of sp³-hybridized carbons (Fsp3) is 0.158. The van der Waals surface area contributed by atoms with Gasteiger partial charge in [0.25, 0.3) is 0 Å². The Kier molecular flexibility index (Phi) is 5.52. The van der Waals surface area contributed by atoms with E-state index in [1.807, 2.05) is 26.0 Å². The van der Waals surface area contributed by atoms with Gasteiger partial charge < -0.3 is 15.4 Å². The van der Waals surface area contributed by atoms with Gasteiger partial charge >= 0.3 is 6.01 Å². The normalized spacial score (nSPS) is 10.2. The van der Waals surface area contributed by atoms with Gasteiger partial charge in [-0.05, 0) is 61.4 Å². The molecule has 2 N–H and O–H groups in total. The summed E-state index contributed by atoms with van der Waals surface area (Å²) < 4.78 is 6.93. The third kappa shape index (κ3) is 4.51. The lowest BCUT2D eigenvalue weighted by Gasteiger charge is -2.13. The molecular formula is C19H17BrN6O. The van der Waals surface area contributed by atoms with Crippen LogP contribution in [0.15, 0.2) is 40.9 Å². The van der Waals surface area contributed by atoms with Crippen molar-refractivity contribution >= 4 is 33.5 Å². The summed E-state index contributed by atoms with van der Waals surface area (Å²) in [5.41, 5.74) is 3.27. The molecule has 0 radical (unpaired) electrons. The Hall–Kier alpha value is -3.18. The van der Waals surface area contributed by atoms with Crippen LogP contribution in [0, 0.1) is 25.2 Å². The molecule has 0 aliphatic rings. The van der Waals surface area contributed by atoms with E-state index in [1.165, 1.54) is 0 Å². The number of hydrogen-bond acceptors (Lipinski definition) is 7. The van der Waals surface area contributed by atoms with Crippen molar-refractivity contribution in [2.75, 3.05) is 17.7 Å². The number of hydrogen-bond donors (Lipinski definition) is 2. The highest BCUT2D eigenvalue weighted by molar-refractivity contribution is 9.10. The van der Waals surface area contributed by atoms with E-state index < -0.39 is 0 Å². The molecule has 0 spiro atoms. The summed E-state index contributed by atoms with van der Waals surface area (Å²) in [6, 6.07) is 13.2. The topological polar surface area (TPSA) is 95.8 Å². The predicted molar refractivity (Wildman–Crippen MR) is 108 cm³/mol. The Morgan fingerprint density at radius 1 is 1.00 bits per heavy atom. The molecule has 0 saturated carbocycles. The molecule has 2 aromatic carbocycles. The van der Waals surface area contributed by atoms with Gasteiger partial charge in [0.2, 0.25) is 11.9 Å². The second kappa shape index (κ2) is 8.01. The highest BCUT2D eigenvalue weighted by atomic mass is 79.9. The number of nitrogens with one attached hydrogen (secondary N) is 2. The quantitative estimate of drug-likeness (QED) is 0.612. The van der Waals surface area contributed by atoms with Crippen molar-refractivity contribution in [3.05, 3.63) is 57.6 Å². The maximum absolute atomic E-state index is 8.89. The first-order chi connectivity index (χ1) is 13.0. The van der Waals surface area contributed by atoms with Gasteiger partial charge in [0, 0.05) is 17.2 Å². The Labute approximate surface area is 165 Å². The van der Waals surface area contributed by atoms with Gasteiger partial charge in [0.15, 0.2) is 0 Å². The Morgan fingerprint density at radius 2 is 1.63 bits per heavy atom. The molecule has 1 aromatic heterocycles. The van der Waals surface area contributed by atoms with Crippen LogP contribution in [0.5, 0.6) is 11.8 Å². The second-order valence-electron chi connectivity index (χ2n) is 5.80. The standard InChI is InChI=1S/C19H17BrN6O/c1-11-8-14(20)9-12(2)16(11)27-19-25-17(22-3)24-18(26-19)23-15-6-4-13(10-21)5-7-15/h4-9H,1-3H3,(H2,22,23,24,25,26). The molecule has 0 unspecified atom stereocenters. The Balaban J connectivity index is 1.90. The molecule has 0 amide bonds. The highest BCUT2D eigenvalue weighted by Gasteiger charge is 2.12. The molecule has 0 aliphatic heterocycles. The second-order valence-corrected chi connectivity index (χ2v) is 6.72. The number of halogens is 1. The van der Waals surface area contributed by atoms with Crippen LogP contribution in [-0.4, -0.2) is 22.0 Å². The van der Waals surface area contributed by atoms with Gasteiger partial charge in [-0.15, -0.1) is 0 Å². The molecule has 3 aromatic rings. The molecule has 0 fully saturated rings. The number of ether oxygens (including phenoxy) is 1. The van der Waals surface area contributed by atoms with Crippen molar-refractivity contribution in [1.82, 2.24) is 15.0 Å². The summed E-state index contributed by atoms with van der Waals surface area (Å²) in [7, 11) is 1.72. The van der Waals surface area contributed by atoms with Gasteiger partial charge in [0.1, 0.15) is 5.75 Å². The van der Waals surface area contributed by atoms with Crippen LogP contribution >= 0.6 is 15.9 Å². The third-order valence-electron chi connectivity index (χ3n) is 3.73. The molecule has 0 saturated heterocycles. The Morgan fingerprint density at radius 3 is 2.22 bits per heavy atom. The molecule has 8 heteroatoms. The number of benzene rings is 2. The monoisotopic (exact) mass is 424 g/mol. The van der Waals surface area contributed by atoms with E-state index in [-0.39, 0.29) is 6.01 Å². The van der Waals surface area contributed by atoms with Crippen molar-refractivity contribution in [3.8, 4) is 17.8 Å². The summed E-state index contributed by atoms with van der Waals surface area (Å²) in [6.07, 6.45) is 0. The van der Waals surface area contributed by atoms with Crippen LogP contribution in [-0.2, 0) is 0 Å². The summed E-state index contributed by atoms with van der Waals surface area (Å²) in [6.45, 7) is 3.92. The predicted octanol–water partition coefficient (Wildman–Crippen LogP) is 4.70. The summed E-state index contributed by atoms with van der Waals surface area (Å²) in [5, 5.41) is 14.9. The lowest BCUT2D eigenvalue weighted by atomic mass is 10.1. The number of nitriles is 1. The molecule has 3 rings (SSSR count). The first-order valence-electron chi connectivity index (χ1n) is 8.14. The maximum Gasteiger partial charge on any atom is 0.328 e. The zero-order valence-electron chi connectivity index (χ0n) is 15.0. The van der Waals surface area contributed by atoms with Crippen LogP contribution in [0.25, 0.3) is 0 Å². The summed E-state index contributed by atoms with van der Waals surface area (Å²) >= 11 is 3.48. The largest absolute Gasteiger partial charge is 0.424 e. The average molecular weight is 425 g/mol. The van der Waals surface area contributed by atoms with Gasteiger partial charge in [-0.25, -0.2) is 0 Å². The minimum absolute atomic E-state index is 0.180. The van der Waals surface area contributed by atoms with Gasteiger partial charge in [-0.3, -0.25) is 0 Å². The van der Waals surface area contributed by atoms with Crippen LogP contribution in [0.2, 0.25) is 0 Å². The van der Waals surface area contributed by atoms with Crippen molar-refractivity contribution in [1.29, 1.82) is 5.26 Å². The van der Waals surface area contributed by atoms with Crippen LogP contribution in [0.4, 0.5) is 17.6 Å². The number of aryl methyl sites for hydroxylation is 2. The maximum atomic E-state index is 8.89. The number of rotatable bonds is 5. The number of aromatic nitrogens is 3. The van der Waals surface area contributed by atoms with Crippen molar-refractivity contribution in [2.24, 2.45) is 0 Å². The fourth-order valence-corrected chi connectivity index (χ4v) is 3.16. The molecule has 136 valence electrons. The van der Waals surface area contributed by atoms with E-state index >= 15 is 0 Å². The van der Waals surface area contributed by atoms with Gasteiger partial charge in [0.05, 0.1) is 11.6 Å². The first-order valence-corrected chi connectivity index (χ1v) is 8.93. The molecule has 7 nitrogen and oxygen atoms in total. The van der Waals surface area contributed by atoms with Crippen LogP contribution in [0.1, 0.15) is 16.7 Å². The summed E-state index contributed by atoms with van der Waals surface area (Å²) in [5.74, 6) is 1.42. The zero-order valence-corrected chi connectivity index (χ0v) is 16.6. The molecular weight excluding hydrogens is 408 g/mol. The minimum Gasteiger partial charge on any atom is -0.424 e. The average Bonchev–Trinajstić information content (AvgIpc) is 2.65. The van der Waals surface area contributed by atoms with E-state index in [1.54, 1.807) is 31.3 Å². The molecule has 0 atom stereocenters. The van der Waals surface area contributed by atoms with E-state index in [0.29, 0.717) is 23.2 Å². The Bertz CT molecular complexity index is 991. The van der Waals surface area contributed by atoms with Crippen LogP contribution in [0.3, 0.4) is 0 Å². The van der Waals surface area contributed by atoms with Gasteiger partial charge in [-0.2, -0.15) is 20.2 Å². The lowest BCUT2D eigenvalue weighted by Crippen LogP contribution is -2.06. The highest BCUT2D eigenvalue weighted by Crippen LogP contribution is 2.31. The SMILES string of the molecule is CNc1nc(Nc2ccc(C#N)cc2)nc(Oc2c(C)cc(Br)cc2C)n1. The fourth-order valence-electron chi connectivity index (χ4n) is 2.48. The van der Waals surface area contributed by atoms with E-state index in [4.69, 9.17) is 10.00 Å². The van der Waals surface area contributed by atoms with Crippen molar-refractivity contribution in [2.45, 2.75) is 13.8 Å². The van der Waals surface area contributed by atoms with Crippen molar-refractivity contribution in [3.63, 3.8) is 0 Å². The number of nitrogens with zero attached hydrogens (tertiary/aromatic N) is 4. The molecule has 1 heterocycles. The van der Waals surface area contributed by atoms with E-state index in [0.717, 1.165) is 21.3 Å². The first kappa shape index (κ1) is 18.6. The smallest absolute Gasteiger partial charge is 0.328 e. The van der Waals surface area contributed by atoms with E-state index in [2.05, 4.69) is 47.6 Å². The molecule has 0 bridgehead atoms. The molecule has 27 heavy (non-hydrogen) atoms. The summed E-state index contributed by atoms with van der Waals surface area (Å²) in [4.78, 5) is 12.9. The number of anilines is 3. The minimum atomic E-state index is 0.180. The van der Waals surface area contributed by atoms with Crippen molar-refractivity contribution < 1.29 is 4.74 Å². The molecule has 0 aliphatic carbocycles. The van der Waals surface area contributed by atoms with Crippen LogP contribution < -0.4 is 15.4 Å². The third-order valence-corrected chi connectivity index (χ3v) is 4.18. The zero-order chi connectivity index (χ0) is 19.4. The lowest BCUT2D eigenvalue weighted by molar-refractivity contribution is 0.435. The van der Waals surface area contributed by atoms with Gasteiger partial charge in [-0.1, -0.05) is 15.9 Å². The van der Waals surface area contributed by atoms with E-state index in [9.17, 15) is 0 Å².